The Morgan fingerprint density at radius 3 is 2.23 bits per heavy atom. The normalized spacial score (nSPS) is 24.6. The van der Waals surface area contributed by atoms with Gasteiger partial charge in [-0.15, -0.1) is 0 Å². The number of fused-ring (bicyclic) bond motifs is 1. The first kappa shape index (κ1) is 20.9. The highest BCUT2D eigenvalue weighted by atomic mass is 35.5. The SMILES string of the molecule is CC[C@@H](NC(=O)c1ccc(Cl)cc1)C1[C@@H]2CC([C@@H](C(=O)NC)c3ccccc3)C[C@@H]12. The summed E-state index contributed by atoms with van der Waals surface area (Å²) in [5, 5.41) is 6.73. The standard InChI is InChI=1S/C25H29ClN2O2/c1-3-21(28-24(29)16-9-11-18(26)12-10-16)23-19-13-17(14-20(19)23)22(25(30)27-2)15-7-5-4-6-8-15/h4-12,17,19-23H,3,13-14H2,1-2H3,(H,27,30)(H,28,29)/t17?,19-,20-,21-,22+,23?/m1/s1. The molecular weight excluding hydrogens is 396 g/mol. The number of rotatable bonds is 7. The van der Waals surface area contributed by atoms with E-state index < -0.39 is 0 Å². The van der Waals surface area contributed by atoms with Crippen LogP contribution in [0.5, 0.6) is 0 Å². The number of nitrogens with one attached hydrogen (secondary N) is 2. The lowest BCUT2D eigenvalue weighted by atomic mass is 9.80. The molecule has 4 rings (SSSR count). The molecule has 4 atom stereocenters. The molecule has 2 saturated carbocycles. The molecule has 0 saturated heterocycles. The van der Waals surface area contributed by atoms with Crippen LogP contribution in [0.2, 0.25) is 5.02 Å². The third-order valence-corrected chi connectivity index (χ3v) is 7.29. The molecule has 0 aromatic heterocycles. The van der Waals surface area contributed by atoms with Gasteiger partial charge in [-0.1, -0.05) is 48.9 Å². The minimum Gasteiger partial charge on any atom is -0.359 e. The molecule has 158 valence electrons. The summed E-state index contributed by atoms with van der Waals surface area (Å²) in [6, 6.07) is 17.3. The number of carbonyl (C=O) groups is 2. The average Bonchev–Trinajstić information content (AvgIpc) is 3.25. The second kappa shape index (κ2) is 8.81. The maximum absolute atomic E-state index is 12.7. The molecule has 2 fully saturated rings. The van der Waals surface area contributed by atoms with Gasteiger partial charge in [-0.05, 0) is 72.8 Å². The van der Waals surface area contributed by atoms with Gasteiger partial charge in [0.2, 0.25) is 5.91 Å². The van der Waals surface area contributed by atoms with Gasteiger partial charge in [0.05, 0.1) is 5.92 Å². The third-order valence-electron chi connectivity index (χ3n) is 7.03. The van der Waals surface area contributed by atoms with Gasteiger partial charge < -0.3 is 10.6 Å². The number of amides is 2. The summed E-state index contributed by atoms with van der Waals surface area (Å²) in [7, 11) is 1.72. The van der Waals surface area contributed by atoms with Crippen LogP contribution in [0, 0.1) is 23.7 Å². The lowest BCUT2D eigenvalue weighted by molar-refractivity contribution is -0.123. The van der Waals surface area contributed by atoms with Gasteiger partial charge in [0.25, 0.3) is 5.91 Å². The number of hydrogen-bond donors (Lipinski definition) is 2. The van der Waals surface area contributed by atoms with Crippen LogP contribution in [0.1, 0.15) is 48.0 Å². The summed E-state index contributed by atoms with van der Waals surface area (Å²) >= 11 is 5.93. The van der Waals surface area contributed by atoms with E-state index in [1.165, 1.54) is 0 Å². The van der Waals surface area contributed by atoms with Crippen molar-refractivity contribution in [3.8, 4) is 0 Å². The molecule has 0 bridgehead atoms. The fourth-order valence-corrected chi connectivity index (χ4v) is 5.71. The topological polar surface area (TPSA) is 58.2 Å². The fraction of sp³-hybridized carbons (Fsp3) is 0.440. The van der Waals surface area contributed by atoms with E-state index in [1.807, 2.05) is 18.2 Å². The Morgan fingerprint density at radius 1 is 1.03 bits per heavy atom. The van der Waals surface area contributed by atoms with Crippen LogP contribution >= 0.6 is 11.6 Å². The summed E-state index contributed by atoms with van der Waals surface area (Å²) in [6.07, 6.45) is 3.02. The second-order valence-electron chi connectivity index (χ2n) is 8.63. The van der Waals surface area contributed by atoms with E-state index in [9.17, 15) is 9.59 Å². The van der Waals surface area contributed by atoms with Crippen LogP contribution in [-0.4, -0.2) is 24.9 Å². The van der Waals surface area contributed by atoms with Gasteiger partial charge in [-0.3, -0.25) is 9.59 Å². The Kier molecular flexibility index (Phi) is 6.14. The summed E-state index contributed by atoms with van der Waals surface area (Å²) in [6.45, 7) is 2.13. The predicted molar refractivity (Wildman–Crippen MR) is 119 cm³/mol. The van der Waals surface area contributed by atoms with Gasteiger partial charge >= 0.3 is 0 Å². The third kappa shape index (κ3) is 4.11. The van der Waals surface area contributed by atoms with Gasteiger partial charge in [-0.2, -0.15) is 0 Å². The zero-order valence-electron chi connectivity index (χ0n) is 17.5. The largest absolute Gasteiger partial charge is 0.359 e. The first-order valence-electron chi connectivity index (χ1n) is 10.9. The number of benzene rings is 2. The zero-order valence-corrected chi connectivity index (χ0v) is 18.2. The molecular formula is C25H29ClN2O2. The number of hydrogen-bond acceptors (Lipinski definition) is 2. The minimum absolute atomic E-state index is 0.0347. The molecule has 2 aromatic rings. The zero-order chi connectivity index (χ0) is 21.3. The van der Waals surface area contributed by atoms with E-state index in [-0.39, 0.29) is 23.8 Å². The van der Waals surface area contributed by atoms with E-state index in [2.05, 4.69) is 29.7 Å². The van der Waals surface area contributed by atoms with E-state index in [0.29, 0.717) is 34.3 Å². The fourth-order valence-electron chi connectivity index (χ4n) is 5.58. The van der Waals surface area contributed by atoms with Crippen LogP contribution < -0.4 is 10.6 Å². The van der Waals surface area contributed by atoms with Crippen molar-refractivity contribution in [2.45, 2.75) is 38.1 Å². The monoisotopic (exact) mass is 424 g/mol. The molecule has 4 nitrogen and oxygen atoms in total. The molecule has 0 aliphatic heterocycles. The molecule has 30 heavy (non-hydrogen) atoms. The Labute approximate surface area is 183 Å². The van der Waals surface area contributed by atoms with Crippen molar-refractivity contribution >= 4 is 23.4 Å². The van der Waals surface area contributed by atoms with E-state index >= 15 is 0 Å². The van der Waals surface area contributed by atoms with Crippen molar-refractivity contribution in [1.29, 1.82) is 0 Å². The van der Waals surface area contributed by atoms with E-state index in [0.717, 1.165) is 24.8 Å². The summed E-state index contributed by atoms with van der Waals surface area (Å²) < 4.78 is 0. The lowest BCUT2D eigenvalue weighted by Gasteiger charge is -2.26. The maximum atomic E-state index is 12.7. The molecule has 0 radical (unpaired) electrons. The Morgan fingerprint density at radius 2 is 1.67 bits per heavy atom. The smallest absolute Gasteiger partial charge is 0.251 e. The second-order valence-corrected chi connectivity index (χ2v) is 9.07. The molecule has 0 unspecified atom stereocenters. The Balaban J connectivity index is 1.40. The molecule has 2 aliphatic rings. The highest BCUT2D eigenvalue weighted by molar-refractivity contribution is 6.30. The number of carbonyl (C=O) groups excluding carboxylic acids is 2. The Hall–Kier alpha value is -2.33. The van der Waals surface area contributed by atoms with Crippen LogP contribution in [0.3, 0.4) is 0 Å². The molecule has 0 spiro atoms. The van der Waals surface area contributed by atoms with Crippen molar-refractivity contribution in [2.75, 3.05) is 7.05 Å². The molecule has 5 heteroatoms. The van der Waals surface area contributed by atoms with Crippen LogP contribution in [-0.2, 0) is 4.79 Å². The van der Waals surface area contributed by atoms with Gasteiger partial charge in [0.1, 0.15) is 0 Å². The number of halogens is 1. The van der Waals surface area contributed by atoms with Crippen LogP contribution in [0.15, 0.2) is 54.6 Å². The highest BCUT2D eigenvalue weighted by Gasteiger charge is 2.60. The van der Waals surface area contributed by atoms with Crippen molar-refractivity contribution < 1.29 is 9.59 Å². The van der Waals surface area contributed by atoms with Gasteiger partial charge in [0, 0.05) is 23.7 Å². The molecule has 2 aliphatic carbocycles. The van der Waals surface area contributed by atoms with Crippen LogP contribution in [0.25, 0.3) is 0 Å². The first-order valence-corrected chi connectivity index (χ1v) is 11.2. The summed E-state index contributed by atoms with van der Waals surface area (Å²) in [5.41, 5.74) is 1.74. The van der Waals surface area contributed by atoms with Crippen molar-refractivity contribution in [3.05, 3.63) is 70.7 Å². The van der Waals surface area contributed by atoms with E-state index in [1.54, 1.807) is 31.3 Å². The average molecular weight is 425 g/mol. The minimum atomic E-state index is -0.0895. The summed E-state index contributed by atoms with van der Waals surface area (Å²) in [5.74, 6) is 2.06. The number of likely N-dealkylation sites (N-methyl/N-ethyl adjacent to an activating group) is 1. The molecule has 0 heterocycles. The highest BCUT2D eigenvalue weighted by Crippen LogP contribution is 2.63. The van der Waals surface area contributed by atoms with Crippen molar-refractivity contribution in [2.24, 2.45) is 23.7 Å². The molecule has 2 N–H and O–H groups in total. The van der Waals surface area contributed by atoms with Crippen molar-refractivity contribution in [3.63, 3.8) is 0 Å². The Bertz CT molecular complexity index is 887. The predicted octanol–water partition coefficient (Wildman–Crippen LogP) is 4.65. The van der Waals surface area contributed by atoms with Crippen LogP contribution in [0.4, 0.5) is 0 Å². The maximum Gasteiger partial charge on any atom is 0.251 e. The lowest BCUT2D eigenvalue weighted by Crippen LogP contribution is -2.38. The molecule has 2 aromatic carbocycles. The van der Waals surface area contributed by atoms with Crippen molar-refractivity contribution in [1.82, 2.24) is 10.6 Å². The van der Waals surface area contributed by atoms with Gasteiger partial charge in [0.15, 0.2) is 0 Å². The quantitative estimate of drug-likeness (QED) is 0.679. The summed E-state index contributed by atoms with van der Waals surface area (Å²) in [4.78, 5) is 25.3. The molecule has 2 amide bonds. The van der Waals surface area contributed by atoms with E-state index in [4.69, 9.17) is 11.6 Å². The first-order chi connectivity index (χ1) is 14.5. The van der Waals surface area contributed by atoms with Gasteiger partial charge in [-0.25, -0.2) is 0 Å².